The van der Waals surface area contributed by atoms with E-state index in [0.29, 0.717) is 18.9 Å². The third kappa shape index (κ3) is 4.56. The van der Waals surface area contributed by atoms with Crippen molar-refractivity contribution in [3.05, 3.63) is 30.3 Å². The number of benzene rings is 1. The highest BCUT2D eigenvalue weighted by molar-refractivity contribution is 5.76. The molecule has 1 amide bonds. The first-order valence-corrected chi connectivity index (χ1v) is 6.93. The van der Waals surface area contributed by atoms with Crippen LogP contribution in [0.5, 0.6) is 5.75 Å². The molecular weight excluding hydrogens is 240 g/mol. The summed E-state index contributed by atoms with van der Waals surface area (Å²) in [6.07, 6.45) is 1.52. The highest BCUT2D eigenvalue weighted by atomic mass is 16.5. The van der Waals surface area contributed by atoms with Gasteiger partial charge in [-0.2, -0.15) is 0 Å². The van der Waals surface area contributed by atoms with Gasteiger partial charge in [0.05, 0.1) is 13.0 Å². The Hall–Kier alpha value is -1.55. The molecule has 0 aliphatic carbocycles. The van der Waals surface area contributed by atoms with Gasteiger partial charge in [0, 0.05) is 12.6 Å². The van der Waals surface area contributed by atoms with Gasteiger partial charge in [0.15, 0.2) is 0 Å². The third-order valence-electron chi connectivity index (χ3n) is 3.52. The first kappa shape index (κ1) is 13.9. The van der Waals surface area contributed by atoms with Crippen LogP contribution < -0.4 is 15.4 Å². The van der Waals surface area contributed by atoms with E-state index >= 15 is 0 Å². The maximum atomic E-state index is 11.8. The van der Waals surface area contributed by atoms with Gasteiger partial charge in [0.25, 0.3) is 0 Å². The summed E-state index contributed by atoms with van der Waals surface area (Å²) in [5, 5.41) is 6.38. The lowest BCUT2D eigenvalue weighted by Crippen LogP contribution is -2.50. The van der Waals surface area contributed by atoms with Crippen molar-refractivity contribution in [1.29, 1.82) is 0 Å². The second kappa shape index (κ2) is 7.14. The molecule has 1 aromatic rings. The topological polar surface area (TPSA) is 50.4 Å². The summed E-state index contributed by atoms with van der Waals surface area (Å²) in [5.74, 6) is 1.42. The SMILES string of the molecule is CC1CCNCC1NC(=O)CCOc1ccccc1. The highest BCUT2D eigenvalue weighted by Gasteiger charge is 2.22. The zero-order valence-electron chi connectivity index (χ0n) is 11.4. The normalized spacial score (nSPS) is 22.8. The monoisotopic (exact) mass is 262 g/mol. The molecule has 2 N–H and O–H groups in total. The number of piperidine rings is 1. The van der Waals surface area contributed by atoms with Crippen LogP contribution >= 0.6 is 0 Å². The molecule has 0 spiro atoms. The number of nitrogens with one attached hydrogen (secondary N) is 2. The maximum absolute atomic E-state index is 11.8. The van der Waals surface area contributed by atoms with E-state index in [1.807, 2.05) is 30.3 Å². The molecule has 19 heavy (non-hydrogen) atoms. The Morgan fingerprint density at radius 2 is 2.21 bits per heavy atom. The smallest absolute Gasteiger partial charge is 0.223 e. The fourth-order valence-corrected chi connectivity index (χ4v) is 2.24. The second-order valence-corrected chi connectivity index (χ2v) is 5.06. The van der Waals surface area contributed by atoms with Crippen molar-refractivity contribution in [3.63, 3.8) is 0 Å². The Kier molecular flexibility index (Phi) is 5.21. The fourth-order valence-electron chi connectivity index (χ4n) is 2.24. The van der Waals surface area contributed by atoms with Gasteiger partial charge in [0.1, 0.15) is 5.75 Å². The van der Waals surface area contributed by atoms with Crippen molar-refractivity contribution >= 4 is 5.91 Å². The van der Waals surface area contributed by atoms with E-state index < -0.39 is 0 Å². The Balaban J connectivity index is 1.67. The number of hydrogen-bond acceptors (Lipinski definition) is 3. The number of hydrogen-bond donors (Lipinski definition) is 2. The molecule has 2 unspecified atom stereocenters. The first-order valence-electron chi connectivity index (χ1n) is 6.93. The minimum Gasteiger partial charge on any atom is -0.493 e. The Morgan fingerprint density at radius 3 is 2.95 bits per heavy atom. The largest absolute Gasteiger partial charge is 0.493 e. The average molecular weight is 262 g/mol. The van der Waals surface area contributed by atoms with Crippen molar-refractivity contribution in [2.24, 2.45) is 5.92 Å². The molecule has 0 aromatic heterocycles. The van der Waals surface area contributed by atoms with E-state index in [2.05, 4.69) is 17.6 Å². The lowest BCUT2D eigenvalue weighted by atomic mass is 9.95. The average Bonchev–Trinajstić information content (AvgIpc) is 2.43. The van der Waals surface area contributed by atoms with Gasteiger partial charge in [-0.3, -0.25) is 4.79 Å². The summed E-state index contributed by atoms with van der Waals surface area (Å²) in [6, 6.07) is 9.82. The number of ether oxygens (including phenoxy) is 1. The van der Waals surface area contributed by atoms with Crippen molar-refractivity contribution in [3.8, 4) is 5.75 Å². The lowest BCUT2D eigenvalue weighted by Gasteiger charge is -2.30. The van der Waals surface area contributed by atoms with Crippen LogP contribution in [0, 0.1) is 5.92 Å². The van der Waals surface area contributed by atoms with Crippen LogP contribution in [0.3, 0.4) is 0 Å². The van der Waals surface area contributed by atoms with Crippen LogP contribution in [0.15, 0.2) is 30.3 Å². The number of carbonyl (C=O) groups is 1. The Bertz CT molecular complexity index is 394. The molecular formula is C15H22N2O2. The van der Waals surface area contributed by atoms with Crippen molar-refractivity contribution < 1.29 is 9.53 Å². The molecule has 0 radical (unpaired) electrons. The van der Waals surface area contributed by atoms with Crippen LogP contribution in [0.1, 0.15) is 19.8 Å². The molecule has 2 atom stereocenters. The molecule has 2 rings (SSSR count). The first-order chi connectivity index (χ1) is 9.25. The quantitative estimate of drug-likeness (QED) is 0.847. The van der Waals surface area contributed by atoms with Crippen LogP contribution in [-0.2, 0) is 4.79 Å². The van der Waals surface area contributed by atoms with Gasteiger partial charge >= 0.3 is 0 Å². The maximum Gasteiger partial charge on any atom is 0.223 e. The van der Waals surface area contributed by atoms with Crippen molar-refractivity contribution in [2.45, 2.75) is 25.8 Å². The van der Waals surface area contributed by atoms with Crippen LogP contribution in [-0.4, -0.2) is 31.6 Å². The molecule has 1 aliphatic heterocycles. The lowest BCUT2D eigenvalue weighted by molar-refractivity contribution is -0.122. The Morgan fingerprint density at radius 1 is 1.42 bits per heavy atom. The van der Waals surface area contributed by atoms with Crippen LogP contribution in [0.25, 0.3) is 0 Å². The van der Waals surface area contributed by atoms with Gasteiger partial charge in [-0.1, -0.05) is 25.1 Å². The van der Waals surface area contributed by atoms with Crippen molar-refractivity contribution in [2.75, 3.05) is 19.7 Å². The molecule has 1 saturated heterocycles. The van der Waals surface area contributed by atoms with Gasteiger partial charge in [-0.25, -0.2) is 0 Å². The van der Waals surface area contributed by atoms with E-state index in [-0.39, 0.29) is 11.9 Å². The van der Waals surface area contributed by atoms with Gasteiger partial charge < -0.3 is 15.4 Å². The molecule has 1 aromatic carbocycles. The fraction of sp³-hybridized carbons (Fsp3) is 0.533. The van der Waals surface area contributed by atoms with Gasteiger partial charge in [-0.05, 0) is 31.0 Å². The molecule has 1 fully saturated rings. The zero-order chi connectivity index (χ0) is 13.5. The summed E-state index contributed by atoms with van der Waals surface area (Å²) in [6.45, 7) is 4.52. The molecule has 0 bridgehead atoms. The van der Waals surface area contributed by atoms with Crippen molar-refractivity contribution in [1.82, 2.24) is 10.6 Å². The molecule has 4 nitrogen and oxygen atoms in total. The minimum absolute atomic E-state index is 0.0662. The molecule has 4 heteroatoms. The van der Waals surface area contributed by atoms with Gasteiger partial charge in [0.2, 0.25) is 5.91 Å². The molecule has 1 heterocycles. The standard InChI is InChI=1S/C15H22N2O2/c1-12-7-9-16-11-14(12)17-15(18)8-10-19-13-5-3-2-4-6-13/h2-6,12,14,16H,7-11H2,1H3,(H,17,18). The summed E-state index contributed by atoms with van der Waals surface area (Å²) in [7, 11) is 0. The minimum atomic E-state index is 0.0662. The summed E-state index contributed by atoms with van der Waals surface area (Å²) >= 11 is 0. The molecule has 1 aliphatic rings. The number of rotatable bonds is 5. The highest BCUT2D eigenvalue weighted by Crippen LogP contribution is 2.11. The zero-order valence-corrected chi connectivity index (χ0v) is 11.4. The third-order valence-corrected chi connectivity index (χ3v) is 3.52. The summed E-state index contributed by atoms with van der Waals surface area (Å²) < 4.78 is 5.52. The second-order valence-electron chi connectivity index (χ2n) is 5.06. The van der Waals surface area contributed by atoms with E-state index in [1.165, 1.54) is 0 Å². The summed E-state index contributed by atoms with van der Waals surface area (Å²) in [5.41, 5.74) is 0. The summed E-state index contributed by atoms with van der Waals surface area (Å²) in [4.78, 5) is 11.8. The number of para-hydroxylation sites is 1. The Labute approximate surface area is 114 Å². The van der Waals surface area contributed by atoms with Crippen LogP contribution in [0.4, 0.5) is 0 Å². The van der Waals surface area contributed by atoms with Gasteiger partial charge in [-0.15, -0.1) is 0 Å². The molecule has 104 valence electrons. The predicted molar refractivity (Wildman–Crippen MR) is 75.1 cm³/mol. The van der Waals surface area contributed by atoms with E-state index in [1.54, 1.807) is 0 Å². The number of amides is 1. The van der Waals surface area contributed by atoms with Crippen LogP contribution in [0.2, 0.25) is 0 Å². The van der Waals surface area contributed by atoms with E-state index in [0.717, 1.165) is 25.3 Å². The predicted octanol–water partition coefficient (Wildman–Crippen LogP) is 1.57. The number of carbonyl (C=O) groups excluding carboxylic acids is 1. The molecule has 0 saturated carbocycles. The van der Waals surface area contributed by atoms with E-state index in [9.17, 15) is 4.79 Å². The van der Waals surface area contributed by atoms with E-state index in [4.69, 9.17) is 4.74 Å².